The molecular formula is C21H29N5O8S. The lowest BCUT2D eigenvalue weighted by atomic mass is 10.1. The Morgan fingerprint density at radius 2 is 1.40 bits per heavy atom. The number of carboxylic acid groups (broad SMARTS) is 2. The summed E-state index contributed by atoms with van der Waals surface area (Å²) in [5.41, 5.74) is 11.6. The fraction of sp³-hybridized carbons (Fsp3) is 0.429. The molecule has 9 N–H and O–H groups in total. The maximum atomic E-state index is 12.7. The van der Waals surface area contributed by atoms with Crippen molar-refractivity contribution in [2.24, 2.45) is 11.5 Å². The Hall–Kier alpha value is -3.65. The molecule has 0 aliphatic heterocycles. The van der Waals surface area contributed by atoms with Gasteiger partial charge in [-0.15, -0.1) is 0 Å². The molecule has 0 saturated carbocycles. The number of hydrogen-bond acceptors (Lipinski definition) is 8. The average Bonchev–Trinajstić information content (AvgIpc) is 2.79. The first-order valence-corrected chi connectivity index (χ1v) is 11.1. The largest absolute Gasteiger partial charge is 0.481 e. The van der Waals surface area contributed by atoms with Gasteiger partial charge in [-0.25, -0.2) is 4.79 Å². The number of primary amides is 1. The van der Waals surface area contributed by atoms with Crippen molar-refractivity contribution >= 4 is 48.2 Å². The van der Waals surface area contributed by atoms with E-state index in [2.05, 4.69) is 28.6 Å². The first kappa shape index (κ1) is 29.4. The minimum Gasteiger partial charge on any atom is -0.481 e. The van der Waals surface area contributed by atoms with Gasteiger partial charge in [-0.2, -0.15) is 12.6 Å². The summed E-state index contributed by atoms with van der Waals surface area (Å²) in [6.45, 7) is 0. The molecule has 0 bridgehead atoms. The molecule has 1 aromatic rings. The van der Waals surface area contributed by atoms with Gasteiger partial charge in [0.2, 0.25) is 23.6 Å². The second-order valence-electron chi connectivity index (χ2n) is 7.60. The fourth-order valence-corrected chi connectivity index (χ4v) is 3.16. The van der Waals surface area contributed by atoms with Crippen molar-refractivity contribution in [2.45, 2.75) is 49.9 Å². The van der Waals surface area contributed by atoms with Crippen LogP contribution in [-0.2, 0) is 35.2 Å². The highest BCUT2D eigenvalue weighted by molar-refractivity contribution is 7.80. The van der Waals surface area contributed by atoms with Gasteiger partial charge in [0.15, 0.2) is 0 Å². The Labute approximate surface area is 206 Å². The van der Waals surface area contributed by atoms with Crippen LogP contribution in [0.1, 0.15) is 24.8 Å². The summed E-state index contributed by atoms with van der Waals surface area (Å²) in [7, 11) is 0. The molecule has 0 spiro atoms. The second-order valence-corrected chi connectivity index (χ2v) is 7.97. The van der Waals surface area contributed by atoms with Crippen LogP contribution in [0, 0.1) is 0 Å². The van der Waals surface area contributed by atoms with Gasteiger partial charge in [0.05, 0.1) is 12.5 Å². The van der Waals surface area contributed by atoms with Crippen molar-refractivity contribution in [3.63, 3.8) is 0 Å². The lowest BCUT2D eigenvalue weighted by molar-refractivity contribution is -0.143. The van der Waals surface area contributed by atoms with Gasteiger partial charge < -0.3 is 37.6 Å². The van der Waals surface area contributed by atoms with Crippen LogP contribution in [0.25, 0.3) is 0 Å². The van der Waals surface area contributed by atoms with Gasteiger partial charge in [0.1, 0.15) is 18.1 Å². The first-order valence-electron chi connectivity index (χ1n) is 10.5. The molecule has 4 amide bonds. The molecule has 0 aliphatic carbocycles. The number of aliphatic carboxylic acids is 2. The number of benzene rings is 1. The molecule has 4 atom stereocenters. The summed E-state index contributed by atoms with van der Waals surface area (Å²) in [6, 6.07) is 3.32. The van der Waals surface area contributed by atoms with Crippen LogP contribution in [0.4, 0.5) is 0 Å². The minimum atomic E-state index is -1.57. The molecule has 192 valence electrons. The number of carboxylic acids is 2. The lowest BCUT2D eigenvalue weighted by Gasteiger charge is -2.23. The molecule has 0 saturated heterocycles. The molecule has 13 nitrogen and oxygen atoms in total. The maximum Gasteiger partial charge on any atom is 0.326 e. The number of carbonyl (C=O) groups is 6. The van der Waals surface area contributed by atoms with Gasteiger partial charge in [-0.3, -0.25) is 24.0 Å². The standard InChI is InChI=1S/C21H29N5O8S/c22-12(8-11-4-2-1-3-5-11)18(30)25-14(9-17(28)29)19(31)26-15(10-35)20(32)24-13(21(33)34)6-7-16(23)27/h1-5,12-15,35H,6-10,22H2,(H2,23,27)(H,24,32)(H,25,30)(H,26,31)(H,28,29)(H,33,34). The van der Waals surface area contributed by atoms with E-state index in [9.17, 15) is 33.9 Å². The number of nitrogens with one attached hydrogen (secondary N) is 3. The van der Waals surface area contributed by atoms with E-state index in [1.165, 1.54) is 0 Å². The fourth-order valence-electron chi connectivity index (χ4n) is 2.91. The third-order valence-corrected chi connectivity index (χ3v) is 5.12. The lowest BCUT2D eigenvalue weighted by Crippen LogP contribution is -2.58. The zero-order valence-corrected chi connectivity index (χ0v) is 19.6. The third-order valence-electron chi connectivity index (χ3n) is 4.76. The van der Waals surface area contributed by atoms with E-state index in [0.717, 1.165) is 5.56 Å². The smallest absolute Gasteiger partial charge is 0.326 e. The Morgan fingerprint density at radius 3 is 1.91 bits per heavy atom. The van der Waals surface area contributed by atoms with Crippen LogP contribution < -0.4 is 27.4 Å². The summed E-state index contributed by atoms with van der Waals surface area (Å²) in [5, 5.41) is 25.0. The monoisotopic (exact) mass is 511 g/mol. The number of hydrogen-bond donors (Lipinski definition) is 8. The highest BCUT2D eigenvalue weighted by Crippen LogP contribution is 2.04. The van der Waals surface area contributed by atoms with Crippen molar-refractivity contribution in [1.82, 2.24) is 16.0 Å². The third kappa shape index (κ3) is 10.9. The van der Waals surface area contributed by atoms with E-state index in [-0.39, 0.29) is 25.0 Å². The Balaban J connectivity index is 2.84. The topological polar surface area (TPSA) is 231 Å². The van der Waals surface area contributed by atoms with Crippen molar-refractivity contribution in [1.29, 1.82) is 0 Å². The number of nitrogens with two attached hydrogens (primary N) is 2. The predicted octanol–water partition coefficient (Wildman–Crippen LogP) is -2.23. The summed E-state index contributed by atoms with van der Waals surface area (Å²) in [5.74, 6) is -6.58. The zero-order chi connectivity index (χ0) is 26.5. The van der Waals surface area contributed by atoms with E-state index in [4.69, 9.17) is 16.6 Å². The van der Waals surface area contributed by atoms with Gasteiger partial charge in [0, 0.05) is 12.2 Å². The molecule has 0 aliphatic rings. The van der Waals surface area contributed by atoms with Crippen molar-refractivity contribution in [2.75, 3.05) is 5.75 Å². The van der Waals surface area contributed by atoms with Crippen LogP contribution in [-0.4, -0.2) is 75.7 Å². The highest BCUT2D eigenvalue weighted by Gasteiger charge is 2.31. The quantitative estimate of drug-likeness (QED) is 0.119. The maximum absolute atomic E-state index is 12.7. The van der Waals surface area contributed by atoms with Crippen LogP contribution in [0.3, 0.4) is 0 Å². The predicted molar refractivity (Wildman–Crippen MR) is 126 cm³/mol. The molecule has 1 rings (SSSR count). The average molecular weight is 512 g/mol. The summed E-state index contributed by atoms with van der Waals surface area (Å²) < 4.78 is 0. The second kappa shape index (κ2) is 14.6. The summed E-state index contributed by atoms with van der Waals surface area (Å²) >= 11 is 3.96. The van der Waals surface area contributed by atoms with E-state index < -0.39 is 66.2 Å². The Kier molecular flexibility index (Phi) is 12.2. The first-order chi connectivity index (χ1) is 16.4. The van der Waals surface area contributed by atoms with Crippen LogP contribution in [0.15, 0.2) is 30.3 Å². The minimum absolute atomic E-state index is 0.137. The van der Waals surface area contributed by atoms with Gasteiger partial charge in [-0.1, -0.05) is 30.3 Å². The molecule has 0 heterocycles. The van der Waals surface area contributed by atoms with Gasteiger partial charge in [-0.05, 0) is 18.4 Å². The molecule has 0 fully saturated rings. The van der Waals surface area contributed by atoms with Crippen molar-refractivity contribution in [3.05, 3.63) is 35.9 Å². The molecule has 14 heteroatoms. The van der Waals surface area contributed by atoms with E-state index in [0.29, 0.717) is 0 Å². The van der Waals surface area contributed by atoms with E-state index in [1.54, 1.807) is 30.3 Å². The molecule has 4 unspecified atom stereocenters. The van der Waals surface area contributed by atoms with E-state index in [1.807, 2.05) is 0 Å². The molecule has 1 aromatic carbocycles. The molecular weight excluding hydrogens is 482 g/mol. The summed E-state index contributed by atoms with van der Waals surface area (Å²) in [6.07, 6.45) is -1.24. The van der Waals surface area contributed by atoms with Crippen LogP contribution >= 0.6 is 12.6 Å². The van der Waals surface area contributed by atoms with E-state index >= 15 is 0 Å². The molecule has 35 heavy (non-hydrogen) atoms. The zero-order valence-electron chi connectivity index (χ0n) is 18.7. The van der Waals surface area contributed by atoms with Crippen LogP contribution in [0.2, 0.25) is 0 Å². The molecule has 0 radical (unpaired) electrons. The number of rotatable bonds is 15. The normalized spacial score (nSPS) is 14.0. The Morgan fingerprint density at radius 1 is 0.857 bits per heavy atom. The molecule has 0 aromatic heterocycles. The van der Waals surface area contributed by atoms with Crippen molar-refractivity contribution < 1.29 is 39.0 Å². The van der Waals surface area contributed by atoms with Crippen molar-refractivity contribution in [3.8, 4) is 0 Å². The van der Waals surface area contributed by atoms with Gasteiger partial charge >= 0.3 is 11.9 Å². The summed E-state index contributed by atoms with van der Waals surface area (Å²) in [4.78, 5) is 71.1. The number of thiol groups is 1. The SMILES string of the molecule is NC(=O)CCC(NC(=O)C(CS)NC(=O)C(CC(=O)O)NC(=O)C(N)Cc1ccccc1)C(=O)O. The number of amides is 4. The van der Waals surface area contributed by atoms with Gasteiger partial charge in [0.25, 0.3) is 0 Å². The highest BCUT2D eigenvalue weighted by atomic mass is 32.1. The van der Waals surface area contributed by atoms with Crippen LogP contribution in [0.5, 0.6) is 0 Å². The number of carbonyl (C=O) groups excluding carboxylic acids is 4. The Bertz CT molecular complexity index is 930.